The molecule has 0 heterocycles. The molecule has 0 fully saturated rings. The summed E-state index contributed by atoms with van der Waals surface area (Å²) in [4.78, 5) is 30.8. The second-order valence-electron chi connectivity index (χ2n) is 3.49. The first-order valence-electron chi connectivity index (χ1n) is 6.14. The Hall–Kier alpha value is 2.47. The number of rotatable bonds is 14. The fourth-order valence-corrected chi connectivity index (χ4v) is 1.31. The summed E-state index contributed by atoms with van der Waals surface area (Å²) in [5.74, 6) is -0.499. The molecule has 0 spiro atoms. The van der Waals surface area contributed by atoms with Crippen molar-refractivity contribution in [1.82, 2.24) is 0 Å². The second-order valence-corrected chi connectivity index (χ2v) is 4.64. The van der Waals surface area contributed by atoms with Gasteiger partial charge in [0, 0.05) is 6.08 Å². The summed E-state index contributed by atoms with van der Waals surface area (Å²) in [7, 11) is -4.92. The average Bonchev–Trinajstić information content (AvgIpc) is 2.42. The molecule has 12 heteroatoms. The summed E-state index contributed by atoms with van der Waals surface area (Å²) in [5.41, 5.74) is 0. The van der Waals surface area contributed by atoms with Gasteiger partial charge in [-0.05, 0) is 0 Å². The van der Waals surface area contributed by atoms with E-state index in [1.165, 1.54) is 0 Å². The van der Waals surface area contributed by atoms with Crippen molar-refractivity contribution in [3.8, 4) is 0 Å². The Morgan fingerprint density at radius 3 is 1.65 bits per heavy atom. The molecular formula is C11H19K2O9P. The molecule has 0 aliphatic rings. The zero-order valence-corrected chi connectivity index (χ0v) is 20.7. The molecule has 0 aromatic heterocycles. The summed E-state index contributed by atoms with van der Waals surface area (Å²) < 4.78 is 33.9. The van der Waals surface area contributed by atoms with Gasteiger partial charge in [-0.3, -0.25) is 0 Å². The Balaban J connectivity index is -0.00000200. The van der Waals surface area contributed by atoms with Crippen molar-refractivity contribution in [3.05, 3.63) is 12.7 Å². The molecule has 0 saturated carbocycles. The van der Waals surface area contributed by atoms with Crippen LogP contribution in [0.2, 0.25) is 0 Å². The van der Waals surface area contributed by atoms with Gasteiger partial charge in [-0.1, -0.05) is 6.58 Å². The minimum absolute atomic E-state index is 0. The first-order valence-corrected chi connectivity index (χ1v) is 7.61. The summed E-state index contributed by atoms with van der Waals surface area (Å²) in [6, 6.07) is 0. The third-order valence-electron chi connectivity index (χ3n) is 1.86. The second kappa shape index (κ2) is 20.8. The van der Waals surface area contributed by atoms with Crippen LogP contribution in [0.5, 0.6) is 0 Å². The van der Waals surface area contributed by atoms with E-state index in [9.17, 15) is 19.1 Å². The minimum atomic E-state index is -4.92. The van der Waals surface area contributed by atoms with Crippen LogP contribution in [-0.2, 0) is 32.8 Å². The van der Waals surface area contributed by atoms with Gasteiger partial charge in [0.05, 0.1) is 54.1 Å². The molecule has 0 radical (unpaired) electrons. The van der Waals surface area contributed by atoms with Crippen LogP contribution >= 0.6 is 7.82 Å². The zero-order chi connectivity index (χ0) is 16.0. The average molecular weight is 404 g/mol. The topological polar surface area (TPSA) is 126 Å². The summed E-state index contributed by atoms with van der Waals surface area (Å²) in [5, 5.41) is 0. The van der Waals surface area contributed by atoms with Crippen molar-refractivity contribution in [3.63, 3.8) is 0 Å². The number of carbonyl (C=O) groups is 1. The SMILES string of the molecule is C=CC(=O)OCCOCCOCCOCCOP(=O)([O-])[O-].[K+].[K+]. The van der Waals surface area contributed by atoms with Gasteiger partial charge >= 0.3 is 109 Å². The molecule has 0 atom stereocenters. The Kier molecular flexibility index (Phi) is 27.3. The maximum absolute atomic E-state index is 10.7. The van der Waals surface area contributed by atoms with Crippen LogP contribution in [0.15, 0.2) is 12.7 Å². The first kappa shape index (κ1) is 30.2. The molecule has 9 nitrogen and oxygen atoms in total. The third kappa shape index (κ3) is 26.8. The predicted octanol–water partition coefficient (Wildman–Crippen LogP) is -7.38. The van der Waals surface area contributed by atoms with E-state index < -0.39 is 13.8 Å². The van der Waals surface area contributed by atoms with E-state index in [0.717, 1.165) is 6.08 Å². The standard InChI is InChI=1S/C11H21O9P.2K/c1-2-11(12)19-9-7-17-5-3-16-4-6-18-8-10-20-21(13,14)15;;/h2H,1,3-10H2,(H2,13,14,15);;/q;2*+1/p-2. The van der Waals surface area contributed by atoms with E-state index in [-0.39, 0.29) is 136 Å². The van der Waals surface area contributed by atoms with Crippen LogP contribution in [0.3, 0.4) is 0 Å². The fraction of sp³-hybridized carbons (Fsp3) is 0.727. The van der Waals surface area contributed by atoms with Gasteiger partial charge in [0.1, 0.15) is 6.61 Å². The van der Waals surface area contributed by atoms with E-state index in [0.29, 0.717) is 19.8 Å². The van der Waals surface area contributed by atoms with Crippen molar-refractivity contribution in [1.29, 1.82) is 0 Å². The molecule has 0 aliphatic carbocycles. The van der Waals surface area contributed by atoms with E-state index in [4.69, 9.17) is 14.2 Å². The van der Waals surface area contributed by atoms with Crippen LogP contribution in [0.25, 0.3) is 0 Å². The van der Waals surface area contributed by atoms with Crippen molar-refractivity contribution in [2.45, 2.75) is 0 Å². The molecule has 0 aromatic carbocycles. The zero-order valence-electron chi connectivity index (χ0n) is 13.6. The van der Waals surface area contributed by atoms with Gasteiger partial charge in [0.2, 0.25) is 0 Å². The molecule has 0 saturated heterocycles. The van der Waals surface area contributed by atoms with Crippen molar-refractivity contribution < 1.29 is 145 Å². The first-order chi connectivity index (χ1) is 9.95. The summed E-state index contributed by atoms with van der Waals surface area (Å²) in [6.45, 7) is 4.55. The number of phosphoric ester groups is 1. The van der Waals surface area contributed by atoms with Crippen LogP contribution in [-0.4, -0.2) is 58.8 Å². The minimum Gasteiger partial charge on any atom is -0.790 e. The van der Waals surface area contributed by atoms with Crippen LogP contribution in [0.4, 0.5) is 0 Å². The monoisotopic (exact) mass is 404 g/mol. The van der Waals surface area contributed by atoms with E-state index in [1.54, 1.807) is 0 Å². The van der Waals surface area contributed by atoms with Crippen LogP contribution in [0, 0.1) is 0 Å². The number of phosphoric acid groups is 1. The quantitative estimate of drug-likeness (QED) is 0.0912. The Morgan fingerprint density at radius 2 is 1.26 bits per heavy atom. The molecule has 0 aromatic rings. The Labute approximate surface area is 220 Å². The largest absolute Gasteiger partial charge is 1.00 e. The number of hydrogen-bond acceptors (Lipinski definition) is 9. The third-order valence-corrected chi connectivity index (χ3v) is 2.36. The van der Waals surface area contributed by atoms with Gasteiger partial charge < -0.3 is 37.8 Å². The molecule has 0 rings (SSSR count). The normalized spacial score (nSPS) is 10.3. The molecule has 0 N–H and O–H groups in total. The van der Waals surface area contributed by atoms with Crippen molar-refractivity contribution >= 4 is 13.8 Å². The van der Waals surface area contributed by atoms with Gasteiger partial charge in [0.15, 0.2) is 0 Å². The van der Waals surface area contributed by atoms with E-state index >= 15 is 0 Å². The molecule has 0 unspecified atom stereocenters. The fourth-order valence-electron chi connectivity index (χ4n) is 1.01. The summed E-state index contributed by atoms with van der Waals surface area (Å²) >= 11 is 0. The predicted molar refractivity (Wildman–Crippen MR) is 67.2 cm³/mol. The van der Waals surface area contributed by atoms with Crippen LogP contribution in [0.1, 0.15) is 0 Å². The molecule has 23 heavy (non-hydrogen) atoms. The van der Waals surface area contributed by atoms with Gasteiger partial charge in [-0.15, -0.1) is 0 Å². The van der Waals surface area contributed by atoms with Crippen molar-refractivity contribution in [2.24, 2.45) is 0 Å². The number of esters is 1. The molecule has 124 valence electrons. The van der Waals surface area contributed by atoms with E-state index in [1.807, 2.05) is 0 Å². The number of ether oxygens (including phenoxy) is 4. The van der Waals surface area contributed by atoms with Crippen molar-refractivity contribution in [2.75, 3.05) is 52.9 Å². The molecule has 0 amide bonds. The van der Waals surface area contributed by atoms with Gasteiger partial charge in [-0.2, -0.15) is 0 Å². The van der Waals surface area contributed by atoms with Crippen LogP contribution < -0.4 is 113 Å². The summed E-state index contributed by atoms with van der Waals surface area (Å²) in [6.07, 6.45) is 1.07. The maximum Gasteiger partial charge on any atom is 1.00 e. The molecular weight excluding hydrogens is 385 g/mol. The van der Waals surface area contributed by atoms with Gasteiger partial charge in [-0.25, -0.2) is 4.79 Å². The smallest absolute Gasteiger partial charge is 0.790 e. The Morgan fingerprint density at radius 1 is 0.870 bits per heavy atom. The number of carbonyl (C=O) groups excluding carboxylic acids is 1. The maximum atomic E-state index is 10.7. The molecule has 0 bridgehead atoms. The Bertz CT molecular complexity index is 337. The molecule has 0 aliphatic heterocycles. The van der Waals surface area contributed by atoms with Gasteiger partial charge in [0.25, 0.3) is 0 Å². The number of hydrogen-bond donors (Lipinski definition) is 0. The van der Waals surface area contributed by atoms with E-state index in [2.05, 4.69) is 15.8 Å².